The number of aromatic nitrogens is 5. The SMILES string of the molecule is Nc1nc(CSc2nnc(NCC3CCCO3)s2)nc(Nc2ccc(F)cc2)n1. The molecule has 1 aliphatic heterocycles. The zero-order chi connectivity index (χ0) is 20.1. The van der Waals surface area contributed by atoms with Gasteiger partial charge in [0.1, 0.15) is 11.6 Å². The van der Waals surface area contributed by atoms with Gasteiger partial charge in [-0.25, -0.2) is 4.39 Å². The molecule has 29 heavy (non-hydrogen) atoms. The summed E-state index contributed by atoms with van der Waals surface area (Å²) in [4.78, 5) is 12.6. The number of ether oxygens (including phenoxy) is 1. The van der Waals surface area contributed by atoms with Crippen molar-refractivity contribution < 1.29 is 9.13 Å². The monoisotopic (exact) mass is 434 g/mol. The lowest BCUT2D eigenvalue weighted by Gasteiger charge is -2.08. The molecule has 4 N–H and O–H groups in total. The lowest BCUT2D eigenvalue weighted by Crippen LogP contribution is -2.18. The fourth-order valence-electron chi connectivity index (χ4n) is 2.69. The van der Waals surface area contributed by atoms with Gasteiger partial charge in [-0.2, -0.15) is 15.0 Å². The zero-order valence-electron chi connectivity index (χ0n) is 15.3. The van der Waals surface area contributed by atoms with Crippen LogP contribution in [0.4, 0.5) is 27.1 Å². The van der Waals surface area contributed by atoms with Crippen molar-refractivity contribution in [3.63, 3.8) is 0 Å². The molecule has 1 unspecified atom stereocenters. The molecule has 3 heterocycles. The number of thioether (sulfide) groups is 1. The molecule has 0 saturated carbocycles. The number of nitrogens with one attached hydrogen (secondary N) is 2. The van der Waals surface area contributed by atoms with Crippen LogP contribution in [0.25, 0.3) is 0 Å². The van der Waals surface area contributed by atoms with Gasteiger partial charge in [0, 0.05) is 18.8 Å². The first kappa shape index (κ1) is 19.7. The topological polar surface area (TPSA) is 124 Å². The Hall–Kier alpha value is -2.57. The largest absolute Gasteiger partial charge is 0.376 e. The summed E-state index contributed by atoms with van der Waals surface area (Å²) >= 11 is 2.93. The molecule has 3 aromatic rings. The lowest BCUT2D eigenvalue weighted by molar-refractivity contribution is 0.120. The van der Waals surface area contributed by atoms with E-state index in [1.807, 2.05) is 0 Å². The summed E-state index contributed by atoms with van der Waals surface area (Å²) in [5, 5.41) is 15.3. The number of halogens is 1. The highest BCUT2D eigenvalue weighted by Crippen LogP contribution is 2.28. The van der Waals surface area contributed by atoms with Crippen LogP contribution >= 0.6 is 23.1 Å². The van der Waals surface area contributed by atoms with Crippen molar-refractivity contribution in [1.29, 1.82) is 0 Å². The van der Waals surface area contributed by atoms with Gasteiger partial charge in [-0.3, -0.25) is 0 Å². The molecule has 12 heteroatoms. The van der Waals surface area contributed by atoms with Gasteiger partial charge >= 0.3 is 0 Å². The molecule has 1 fully saturated rings. The van der Waals surface area contributed by atoms with Crippen molar-refractivity contribution in [2.45, 2.75) is 29.0 Å². The standard InChI is InChI=1S/C17H19FN8OS2/c18-10-3-5-11(6-4-10)21-15-23-13(22-14(19)24-15)9-28-17-26-25-16(29-17)20-8-12-2-1-7-27-12/h3-6,12H,1-2,7-9H2,(H,20,25)(H3,19,21,22,23,24). The van der Waals surface area contributed by atoms with E-state index in [4.69, 9.17) is 10.5 Å². The first-order valence-electron chi connectivity index (χ1n) is 8.99. The van der Waals surface area contributed by atoms with Crippen LogP contribution in [0.5, 0.6) is 0 Å². The summed E-state index contributed by atoms with van der Waals surface area (Å²) in [6.07, 6.45) is 2.43. The van der Waals surface area contributed by atoms with Gasteiger partial charge in [0.05, 0.1) is 11.9 Å². The molecule has 1 aromatic carbocycles. The first-order chi connectivity index (χ1) is 14.1. The van der Waals surface area contributed by atoms with Crippen molar-refractivity contribution in [1.82, 2.24) is 25.1 Å². The third-order valence-corrected chi connectivity index (χ3v) is 6.05. The van der Waals surface area contributed by atoms with Crippen LogP contribution in [0.2, 0.25) is 0 Å². The zero-order valence-corrected chi connectivity index (χ0v) is 17.0. The fourth-order valence-corrected chi connectivity index (χ4v) is 4.31. The number of anilines is 4. The molecule has 4 rings (SSSR count). The summed E-state index contributed by atoms with van der Waals surface area (Å²) in [6, 6.07) is 5.89. The van der Waals surface area contributed by atoms with Gasteiger partial charge in [-0.15, -0.1) is 10.2 Å². The van der Waals surface area contributed by atoms with Crippen LogP contribution < -0.4 is 16.4 Å². The van der Waals surface area contributed by atoms with Gasteiger partial charge in [-0.1, -0.05) is 23.1 Å². The second-order valence-corrected chi connectivity index (χ2v) is 8.44. The molecule has 152 valence electrons. The molecule has 1 atom stereocenters. The minimum Gasteiger partial charge on any atom is -0.376 e. The van der Waals surface area contributed by atoms with Crippen molar-refractivity contribution in [3.05, 3.63) is 35.9 Å². The van der Waals surface area contributed by atoms with Crippen LogP contribution in [0.1, 0.15) is 18.7 Å². The summed E-state index contributed by atoms with van der Waals surface area (Å²) in [5.74, 6) is 1.07. The van der Waals surface area contributed by atoms with E-state index in [1.54, 1.807) is 12.1 Å². The van der Waals surface area contributed by atoms with Gasteiger partial charge in [0.15, 0.2) is 4.34 Å². The van der Waals surface area contributed by atoms with Crippen LogP contribution in [0, 0.1) is 5.82 Å². The highest BCUT2D eigenvalue weighted by atomic mass is 32.2. The maximum absolute atomic E-state index is 13.0. The van der Waals surface area contributed by atoms with E-state index in [-0.39, 0.29) is 17.9 Å². The average Bonchev–Trinajstić information content (AvgIpc) is 3.38. The number of rotatable bonds is 8. The maximum atomic E-state index is 13.0. The van der Waals surface area contributed by atoms with E-state index in [9.17, 15) is 4.39 Å². The smallest absolute Gasteiger partial charge is 0.232 e. The van der Waals surface area contributed by atoms with Gasteiger partial charge in [0.2, 0.25) is 17.0 Å². The number of hydrogen-bond acceptors (Lipinski definition) is 11. The molecule has 0 radical (unpaired) electrons. The summed E-state index contributed by atoms with van der Waals surface area (Å²) in [5.41, 5.74) is 6.45. The normalized spacial score (nSPS) is 16.1. The molecule has 2 aromatic heterocycles. The molecule has 0 spiro atoms. The van der Waals surface area contributed by atoms with Crippen molar-refractivity contribution in [2.75, 3.05) is 29.5 Å². The van der Waals surface area contributed by atoms with E-state index in [2.05, 4.69) is 35.8 Å². The molecule has 9 nitrogen and oxygen atoms in total. The molecule has 0 bridgehead atoms. The van der Waals surface area contributed by atoms with E-state index >= 15 is 0 Å². The van der Waals surface area contributed by atoms with E-state index < -0.39 is 0 Å². The predicted molar refractivity (Wildman–Crippen MR) is 111 cm³/mol. The second-order valence-electron chi connectivity index (χ2n) is 6.24. The predicted octanol–water partition coefficient (Wildman–Crippen LogP) is 3.07. The number of nitrogen functional groups attached to an aromatic ring is 1. The van der Waals surface area contributed by atoms with Gasteiger partial charge in [0.25, 0.3) is 0 Å². The summed E-state index contributed by atoms with van der Waals surface area (Å²) in [6.45, 7) is 1.57. The Kier molecular flexibility index (Phi) is 6.32. The maximum Gasteiger partial charge on any atom is 0.232 e. The highest BCUT2D eigenvalue weighted by Gasteiger charge is 2.16. The second kappa shape index (κ2) is 9.29. The number of benzene rings is 1. The number of nitrogens with two attached hydrogens (primary N) is 1. The number of hydrogen-bond donors (Lipinski definition) is 3. The Balaban J connectivity index is 1.33. The Morgan fingerprint density at radius 3 is 2.86 bits per heavy atom. The third-order valence-electron chi connectivity index (χ3n) is 4.04. The van der Waals surface area contributed by atoms with Gasteiger partial charge < -0.3 is 21.1 Å². The Morgan fingerprint density at radius 2 is 2.07 bits per heavy atom. The Morgan fingerprint density at radius 1 is 1.21 bits per heavy atom. The Bertz CT molecular complexity index is 949. The molecule has 1 saturated heterocycles. The van der Waals surface area contributed by atoms with E-state index in [0.29, 0.717) is 23.2 Å². The van der Waals surface area contributed by atoms with Crippen LogP contribution in [-0.4, -0.2) is 44.4 Å². The van der Waals surface area contributed by atoms with Crippen molar-refractivity contribution >= 4 is 45.8 Å². The molecule has 0 amide bonds. The minimum absolute atomic E-state index is 0.108. The first-order valence-corrected chi connectivity index (χ1v) is 10.8. The summed E-state index contributed by atoms with van der Waals surface area (Å²) < 4.78 is 19.4. The van der Waals surface area contributed by atoms with Gasteiger partial charge in [-0.05, 0) is 37.1 Å². The average molecular weight is 435 g/mol. The molecule has 0 aliphatic carbocycles. The lowest BCUT2D eigenvalue weighted by atomic mass is 10.2. The molecular weight excluding hydrogens is 415 g/mol. The van der Waals surface area contributed by atoms with E-state index in [0.717, 1.165) is 35.5 Å². The third kappa shape index (κ3) is 5.71. The number of nitrogens with zero attached hydrogens (tertiary/aromatic N) is 5. The van der Waals surface area contributed by atoms with Crippen LogP contribution in [0.3, 0.4) is 0 Å². The van der Waals surface area contributed by atoms with Crippen LogP contribution in [0.15, 0.2) is 28.6 Å². The van der Waals surface area contributed by atoms with Crippen LogP contribution in [-0.2, 0) is 10.5 Å². The highest BCUT2D eigenvalue weighted by molar-refractivity contribution is 8.00. The minimum atomic E-state index is -0.315. The molecule has 1 aliphatic rings. The van der Waals surface area contributed by atoms with Crippen molar-refractivity contribution in [2.24, 2.45) is 0 Å². The quantitative estimate of drug-likeness (QED) is 0.456. The van der Waals surface area contributed by atoms with E-state index in [1.165, 1.54) is 35.2 Å². The van der Waals surface area contributed by atoms with Crippen molar-refractivity contribution in [3.8, 4) is 0 Å². The molecular formula is C17H19FN8OS2. The Labute approximate surface area is 174 Å². The summed E-state index contributed by atoms with van der Waals surface area (Å²) in [7, 11) is 0. The fraction of sp³-hybridized carbons (Fsp3) is 0.353.